The minimum Gasteiger partial charge on any atom is -0.391 e. The Labute approximate surface area is 203 Å². The Hall–Kier alpha value is -4.24. The molecule has 0 radical (unpaired) electrons. The topological polar surface area (TPSA) is 183 Å². The third-order valence-corrected chi connectivity index (χ3v) is 4.46. The molecule has 35 heavy (non-hydrogen) atoms. The average molecular weight is 484 g/mol. The summed E-state index contributed by atoms with van der Waals surface area (Å²) in [5.41, 5.74) is 8.65. The van der Waals surface area contributed by atoms with Crippen LogP contribution in [0.25, 0.3) is 0 Å². The van der Waals surface area contributed by atoms with Gasteiger partial charge in [0.2, 0.25) is 11.8 Å². The van der Waals surface area contributed by atoms with E-state index >= 15 is 0 Å². The highest BCUT2D eigenvalue weighted by Crippen LogP contribution is 2.09. The van der Waals surface area contributed by atoms with E-state index in [4.69, 9.17) is 10.9 Å². The maximum atomic E-state index is 12.3. The van der Waals surface area contributed by atoms with Gasteiger partial charge in [-0.05, 0) is 55.5 Å². The van der Waals surface area contributed by atoms with Gasteiger partial charge in [0, 0.05) is 22.4 Å². The number of nitrogens with one attached hydrogen (secondary N) is 4. The van der Waals surface area contributed by atoms with E-state index in [2.05, 4.69) is 27.8 Å². The second kappa shape index (κ2) is 14.1. The average Bonchev–Trinajstić information content (AvgIpc) is 2.84. The first kappa shape index (κ1) is 28.8. The van der Waals surface area contributed by atoms with Crippen LogP contribution in [0, 0.1) is 11.8 Å². The van der Waals surface area contributed by atoms with E-state index in [9.17, 15) is 24.3 Å². The fourth-order valence-electron chi connectivity index (χ4n) is 2.64. The number of nitrogens with two attached hydrogens (primary N) is 1. The lowest BCUT2D eigenvalue weighted by Gasteiger charge is -2.19. The van der Waals surface area contributed by atoms with E-state index in [1.165, 1.54) is 24.5 Å². The van der Waals surface area contributed by atoms with Crippen LogP contribution in [0.1, 0.15) is 35.8 Å². The first-order valence-corrected chi connectivity index (χ1v) is 10.1. The van der Waals surface area contributed by atoms with Gasteiger partial charge in [0.1, 0.15) is 6.04 Å². The Morgan fingerprint density at radius 1 is 0.943 bits per heavy atom. The smallest absolute Gasteiger partial charge is 0.268 e. The van der Waals surface area contributed by atoms with Crippen LogP contribution in [0.15, 0.2) is 48.5 Å². The lowest BCUT2D eigenvalue weighted by Crippen LogP contribution is -2.51. The Bertz CT molecular complexity index is 1090. The SMILES string of the molecule is C.C[C@@H](O)[C@H](NC(=O)c1ccc(C#Cc2ccc(NC(=O)CNC(=O)CN)cc2)cc1)C(=O)NO. The molecule has 0 heterocycles. The van der Waals surface area contributed by atoms with Crippen LogP contribution in [0.3, 0.4) is 0 Å². The van der Waals surface area contributed by atoms with Gasteiger partial charge in [-0.15, -0.1) is 0 Å². The van der Waals surface area contributed by atoms with Crippen molar-refractivity contribution in [3.63, 3.8) is 0 Å². The molecule has 8 N–H and O–H groups in total. The molecule has 2 atom stereocenters. The van der Waals surface area contributed by atoms with Gasteiger partial charge in [-0.2, -0.15) is 0 Å². The number of carbonyl (C=O) groups excluding carboxylic acids is 4. The highest BCUT2D eigenvalue weighted by molar-refractivity contribution is 5.97. The van der Waals surface area contributed by atoms with Crippen molar-refractivity contribution in [2.24, 2.45) is 5.73 Å². The summed E-state index contributed by atoms with van der Waals surface area (Å²) >= 11 is 0. The van der Waals surface area contributed by atoms with Crippen molar-refractivity contribution in [2.45, 2.75) is 26.5 Å². The Morgan fingerprint density at radius 3 is 1.97 bits per heavy atom. The Balaban J connectivity index is 0.00000612. The zero-order valence-electron chi connectivity index (χ0n) is 18.3. The number of aliphatic hydroxyl groups excluding tert-OH is 1. The monoisotopic (exact) mass is 483 g/mol. The number of amides is 4. The summed E-state index contributed by atoms with van der Waals surface area (Å²) in [6, 6.07) is 11.7. The van der Waals surface area contributed by atoms with Gasteiger partial charge in [0.15, 0.2) is 0 Å². The van der Waals surface area contributed by atoms with E-state index in [0.717, 1.165) is 0 Å². The predicted molar refractivity (Wildman–Crippen MR) is 129 cm³/mol. The summed E-state index contributed by atoms with van der Waals surface area (Å²) in [5, 5.41) is 25.7. The van der Waals surface area contributed by atoms with Crippen molar-refractivity contribution in [3.05, 3.63) is 65.2 Å². The van der Waals surface area contributed by atoms with E-state index in [1.807, 2.05) is 0 Å². The van der Waals surface area contributed by atoms with E-state index < -0.39 is 29.9 Å². The fourth-order valence-corrected chi connectivity index (χ4v) is 2.64. The number of hydroxylamine groups is 1. The van der Waals surface area contributed by atoms with Crippen LogP contribution in [0.5, 0.6) is 0 Å². The van der Waals surface area contributed by atoms with Gasteiger partial charge in [0.25, 0.3) is 11.8 Å². The van der Waals surface area contributed by atoms with Crippen LogP contribution in [0.4, 0.5) is 5.69 Å². The lowest BCUT2D eigenvalue weighted by atomic mass is 10.1. The molecule has 0 saturated heterocycles. The lowest BCUT2D eigenvalue weighted by molar-refractivity contribution is -0.133. The molecule has 0 aliphatic carbocycles. The number of carbonyl (C=O) groups is 4. The maximum absolute atomic E-state index is 12.3. The van der Waals surface area contributed by atoms with Crippen molar-refractivity contribution in [1.29, 1.82) is 0 Å². The molecule has 0 aliphatic rings. The second-order valence-corrected chi connectivity index (χ2v) is 7.10. The zero-order valence-corrected chi connectivity index (χ0v) is 18.3. The normalized spacial score (nSPS) is 11.4. The van der Waals surface area contributed by atoms with Crippen LogP contribution < -0.4 is 27.2 Å². The molecular weight excluding hydrogens is 454 g/mol. The van der Waals surface area contributed by atoms with Gasteiger partial charge in [0.05, 0.1) is 19.2 Å². The van der Waals surface area contributed by atoms with Crippen molar-refractivity contribution < 1.29 is 29.5 Å². The molecule has 11 heteroatoms. The predicted octanol–water partition coefficient (Wildman–Crippen LogP) is -0.279. The molecule has 0 spiro atoms. The maximum Gasteiger partial charge on any atom is 0.268 e. The number of anilines is 1. The number of rotatable bonds is 8. The van der Waals surface area contributed by atoms with Crippen LogP contribution in [-0.4, -0.2) is 59.2 Å². The minimum absolute atomic E-state index is 0. The first-order valence-electron chi connectivity index (χ1n) is 10.1. The summed E-state index contributed by atoms with van der Waals surface area (Å²) in [5.74, 6) is 3.56. The van der Waals surface area contributed by atoms with Crippen molar-refractivity contribution in [3.8, 4) is 11.8 Å². The highest BCUT2D eigenvalue weighted by atomic mass is 16.5. The van der Waals surface area contributed by atoms with Gasteiger partial charge in [-0.1, -0.05) is 19.3 Å². The molecule has 0 bridgehead atoms. The molecule has 0 fully saturated rings. The first-order chi connectivity index (χ1) is 16.2. The summed E-state index contributed by atoms with van der Waals surface area (Å²) < 4.78 is 0. The number of hydrogen-bond acceptors (Lipinski definition) is 7. The summed E-state index contributed by atoms with van der Waals surface area (Å²) in [6.45, 7) is 0.936. The van der Waals surface area contributed by atoms with Gasteiger partial charge >= 0.3 is 0 Å². The molecule has 0 aliphatic heterocycles. The summed E-state index contributed by atoms with van der Waals surface area (Å²) in [6.07, 6.45) is -1.21. The van der Waals surface area contributed by atoms with E-state index in [1.54, 1.807) is 36.4 Å². The molecule has 11 nitrogen and oxygen atoms in total. The molecule has 186 valence electrons. The molecule has 2 aromatic carbocycles. The third kappa shape index (κ3) is 9.26. The van der Waals surface area contributed by atoms with Crippen LogP contribution >= 0.6 is 0 Å². The van der Waals surface area contributed by atoms with E-state index in [-0.39, 0.29) is 32.0 Å². The summed E-state index contributed by atoms with van der Waals surface area (Å²) in [4.78, 5) is 46.7. The minimum atomic E-state index is -1.31. The number of benzene rings is 2. The van der Waals surface area contributed by atoms with E-state index in [0.29, 0.717) is 16.8 Å². The van der Waals surface area contributed by atoms with Gasteiger partial charge in [-0.25, -0.2) is 5.48 Å². The van der Waals surface area contributed by atoms with Crippen LogP contribution in [-0.2, 0) is 14.4 Å². The second-order valence-electron chi connectivity index (χ2n) is 7.10. The Morgan fingerprint density at radius 2 is 1.49 bits per heavy atom. The number of aliphatic hydroxyl groups is 1. The van der Waals surface area contributed by atoms with Gasteiger partial charge < -0.3 is 26.8 Å². The summed E-state index contributed by atoms with van der Waals surface area (Å²) in [7, 11) is 0. The molecular formula is C24H29N5O6. The van der Waals surface area contributed by atoms with Gasteiger partial charge in [-0.3, -0.25) is 24.4 Å². The quantitative estimate of drug-likeness (QED) is 0.153. The van der Waals surface area contributed by atoms with Crippen LogP contribution in [0.2, 0.25) is 0 Å². The molecule has 4 amide bonds. The zero-order chi connectivity index (χ0) is 25.1. The molecule has 0 unspecified atom stereocenters. The molecule has 0 saturated carbocycles. The fraction of sp³-hybridized carbons (Fsp3) is 0.250. The molecule has 0 aromatic heterocycles. The van der Waals surface area contributed by atoms with Crippen molar-refractivity contribution in [2.75, 3.05) is 18.4 Å². The van der Waals surface area contributed by atoms with Crippen molar-refractivity contribution in [1.82, 2.24) is 16.1 Å². The number of hydrogen-bond donors (Lipinski definition) is 7. The highest BCUT2D eigenvalue weighted by Gasteiger charge is 2.25. The molecule has 2 rings (SSSR count). The van der Waals surface area contributed by atoms with Crippen molar-refractivity contribution >= 4 is 29.3 Å². The largest absolute Gasteiger partial charge is 0.391 e. The Kier molecular flexibility index (Phi) is 11.6. The molecule has 2 aromatic rings. The standard InChI is InChI=1S/C23H25N5O6.CH4/c1-14(29)21(23(33)28-34)27-22(32)17-8-4-15(5-9-17)2-3-16-6-10-18(11-7-16)26-20(31)13-25-19(30)12-24;/h4-11,14,21,29,34H,12-13,24H2,1H3,(H,25,30)(H,26,31)(H,27,32)(H,28,33);1H4/t14-,21+;/m1./s1. The third-order valence-electron chi connectivity index (χ3n) is 4.46.